The fourth-order valence-electron chi connectivity index (χ4n) is 6.10. The van der Waals surface area contributed by atoms with Gasteiger partial charge in [0, 0.05) is 67.4 Å². The van der Waals surface area contributed by atoms with Crippen LogP contribution >= 0.6 is 18.7 Å². The van der Waals surface area contributed by atoms with E-state index < -0.39 is 13.1 Å². The first-order valence-corrected chi connectivity index (χ1v) is 17.5. The quantitative estimate of drug-likeness (QED) is 0.392. The Hall–Kier alpha value is -2.48. The summed E-state index contributed by atoms with van der Waals surface area (Å²) < 4.78 is 45.5. The molecule has 0 aromatic heterocycles. The second-order valence-electron chi connectivity index (χ2n) is 12.4. The van der Waals surface area contributed by atoms with Crippen LogP contribution in [0.3, 0.4) is 0 Å². The lowest BCUT2D eigenvalue weighted by Gasteiger charge is -2.35. The number of hydrogen-bond acceptors (Lipinski definition) is 5. The van der Waals surface area contributed by atoms with Gasteiger partial charge in [-0.15, -0.1) is 0 Å². The summed E-state index contributed by atoms with van der Waals surface area (Å²) >= 11 is 6.30. The van der Waals surface area contributed by atoms with Gasteiger partial charge < -0.3 is 19.5 Å². The summed E-state index contributed by atoms with van der Waals surface area (Å²) in [5.74, 6) is -2.45. The molecule has 0 bridgehead atoms. The average Bonchev–Trinajstić information content (AvgIpc) is 3.67. The van der Waals surface area contributed by atoms with Crippen LogP contribution in [0.2, 0.25) is 5.02 Å². The largest absolute Gasteiger partial charge is 0.489 e. The summed E-state index contributed by atoms with van der Waals surface area (Å²) in [6.07, 6.45) is 1.09. The minimum Gasteiger partial charge on any atom is -0.489 e. The molecule has 1 spiro atoms. The van der Waals surface area contributed by atoms with Crippen molar-refractivity contribution in [3.63, 3.8) is 0 Å². The van der Waals surface area contributed by atoms with Crippen LogP contribution in [-0.4, -0.2) is 73.6 Å². The number of amides is 2. The SMILES string of the molecule is CP(C)(=O)c1ccc(COc2ccc(Cl)cc2CN2CCN(C(=O)CNC(=O)C3CC34CCC(F)(F)CC4)CC2)cc1. The molecule has 1 aliphatic heterocycles. The molecule has 11 heteroatoms. The minimum absolute atomic E-state index is 0.0666. The predicted molar refractivity (Wildman–Crippen MR) is 160 cm³/mol. The third-order valence-electron chi connectivity index (χ3n) is 8.99. The van der Waals surface area contributed by atoms with E-state index in [9.17, 15) is 22.9 Å². The number of halogens is 3. The van der Waals surface area contributed by atoms with E-state index in [0.717, 1.165) is 22.2 Å². The van der Waals surface area contributed by atoms with E-state index in [1.54, 1.807) is 24.3 Å². The van der Waals surface area contributed by atoms with E-state index in [2.05, 4.69) is 10.2 Å². The fourth-order valence-corrected chi connectivity index (χ4v) is 7.17. The third-order valence-corrected chi connectivity index (χ3v) is 10.8. The van der Waals surface area contributed by atoms with E-state index >= 15 is 0 Å². The normalized spacial score (nSPS) is 21.6. The molecule has 2 aromatic rings. The summed E-state index contributed by atoms with van der Waals surface area (Å²) in [5.41, 5.74) is 1.64. The van der Waals surface area contributed by atoms with Gasteiger partial charge in [-0.05, 0) is 61.8 Å². The molecule has 2 saturated carbocycles. The number of ether oxygens (including phenoxy) is 1. The summed E-state index contributed by atoms with van der Waals surface area (Å²) in [4.78, 5) is 29.4. The van der Waals surface area contributed by atoms with Gasteiger partial charge in [0.1, 0.15) is 19.5 Å². The van der Waals surface area contributed by atoms with Crippen molar-refractivity contribution in [1.82, 2.24) is 15.1 Å². The van der Waals surface area contributed by atoms with E-state index in [4.69, 9.17) is 16.3 Å². The first kappa shape index (κ1) is 31.0. The molecule has 0 radical (unpaired) electrons. The summed E-state index contributed by atoms with van der Waals surface area (Å²) in [7, 11) is -2.31. The first-order chi connectivity index (χ1) is 19.8. The molecule has 5 rings (SSSR count). The van der Waals surface area contributed by atoms with Gasteiger partial charge in [0.15, 0.2) is 0 Å². The van der Waals surface area contributed by atoms with Crippen LogP contribution in [-0.2, 0) is 27.3 Å². The molecule has 3 aliphatic rings. The van der Waals surface area contributed by atoms with Crippen LogP contribution in [0.1, 0.15) is 43.2 Å². The van der Waals surface area contributed by atoms with Crippen molar-refractivity contribution in [3.05, 3.63) is 58.6 Å². The maximum Gasteiger partial charge on any atom is 0.248 e. The molecule has 1 unspecified atom stereocenters. The molecule has 2 amide bonds. The smallest absolute Gasteiger partial charge is 0.248 e. The van der Waals surface area contributed by atoms with E-state index in [0.29, 0.717) is 63.6 Å². The number of benzene rings is 2. The van der Waals surface area contributed by atoms with Crippen LogP contribution in [0, 0.1) is 11.3 Å². The molecule has 1 saturated heterocycles. The van der Waals surface area contributed by atoms with Crippen LogP contribution in [0.5, 0.6) is 5.75 Å². The fraction of sp³-hybridized carbons (Fsp3) is 0.548. The number of nitrogens with zero attached hydrogens (tertiary/aromatic N) is 2. The highest BCUT2D eigenvalue weighted by Crippen LogP contribution is 2.63. The van der Waals surface area contributed by atoms with E-state index in [1.165, 1.54) is 0 Å². The Kier molecular flexibility index (Phi) is 9.03. The van der Waals surface area contributed by atoms with Gasteiger partial charge in [-0.3, -0.25) is 14.5 Å². The molecule has 42 heavy (non-hydrogen) atoms. The molecule has 1 atom stereocenters. The molecule has 3 fully saturated rings. The molecular weight excluding hydrogens is 583 g/mol. The minimum atomic E-state index is -2.61. The van der Waals surface area contributed by atoms with Crippen molar-refractivity contribution in [1.29, 1.82) is 0 Å². The molecular formula is C31H39ClF2N3O4P. The third kappa shape index (κ3) is 7.53. The Morgan fingerprint density at radius 1 is 1.02 bits per heavy atom. The Bertz CT molecular complexity index is 1350. The predicted octanol–water partition coefficient (Wildman–Crippen LogP) is 5.14. The van der Waals surface area contributed by atoms with Crippen molar-refractivity contribution in [2.45, 2.75) is 51.2 Å². The van der Waals surface area contributed by atoms with Crippen LogP contribution in [0.25, 0.3) is 0 Å². The Labute approximate surface area is 251 Å². The lowest BCUT2D eigenvalue weighted by atomic mass is 9.82. The number of piperazine rings is 1. The average molecular weight is 622 g/mol. The van der Waals surface area contributed by atoms with Crippen molar-refractivity contribution < 1.29 is 27.7 Å². The van der Waals surface area contributed by atoms with Crippen molar-refractivity contribution in [2.75, 3.05) is 46.1 Å². The standard InChI is InChI=1S/C31H39ClF2N3O4P/c1-42(2,40)25-6-3-22(4-7-25)21-41-27-8-5-24(32)17-23(27)20-36-13-15-37(16-14-36)28(38)19-35-29(39)26-18-30(26)9-11-31(33,34)12-10-30/h3-8,17,26H,9-16,18-21H2,1-2H3,(H,35,39). The highest BCUT2D eigenvalue weighted by atomic mass is 35.5. The van der Waals surface area contributed by atoms with E-state index in [-0.39, 0.29) is 42.5 Å². The lowest BCUT2D eigenvalue weighted by Crippen LogP contribution is -2.51. The first-order valence-electron chi connectivity index (χ1n) is 14.6. The summed E-state index contributed by atoms with van der Waals surface area (Å²) in [6, 6.07) is 13.2. The number of rotatable bonds is 9. The maximum absolute atomic E-state index is 13.5. The molecule has 2 aromatic carbocycles. The second-order valence-corrected chi connectivity index (χ2v) is 16.1. The summed E-state index contributed by atoms with van der Waals surface area (Å²) in [6.45, 7) is 6.84. The highest BCUT2D eigenvalue weighted by molar-refractivity contribution is 7.70. The number of carbonyl (C=O) groups excluding carboxylic acids is 2. The number of nitrogens with one attached hydrogen (secondary N) is 1. The van der Waals surface area contributed by atoms with Crippen molar-refractivity contribution in [3.8, 4) is 5.75 Å². The van der Waals surface area contributed by atoms with Crippen molar-refractivity contribution in [2.24, 2.45) is 11.3 Å². The van der Waals surface area contributed by atoms with Gasteiger partial charge >= 0.3 is 0 Å². The molecule has 2 aliphatic carbocycles. The number of carbonyl (C=O) groups is 2. The lowest BCUT2D eigenvalue weighted by molar-refractivity contribution is -0.135. The number of hydrogen-bond donors (Lipinski definition) is 1. The zero-order valence-corrected chi connectivity index (χ0v) is 25.9. The van der Waals surface area contributed by atoms with Gasteiger partial charge in [0.05, 0.1) is 6.54 Å². The molecule has 228 valence electrons. The van der Waals surface area contributed by atoms with Crippen LogP contribution in [0.15, 0.2) is 42.5 Å². The monoisotopic (exact) mass is 621 g/mol. The molecule has 7 nitrogen and oxygen atoms in total. The number of alkyl halides is 2. The van der Waals surface area contributed by atoms with Crippen LogP contribution in [0.4, 0.5) is 8.78 Å². The van der Waals surface area contributed by atoms with Gasteiger partial charge in [-0.25, -0.2) is 8.78 Å². The highest BCUT2D eigenvalue weighted by Gasteiger charge is 2.60. The molecule has 1 N–H and O–H groups in total. The zero-order valence-electron chi connectivity index (χ0n) is 24.2. The maximum atomic E-state index is 13.5. The Balaban J connectivity index is 1.07. The Morgan fingerprint density at radius 3 is 2.33 bits per heavy atom. The van der Waals surface area contributed by atoms with Crippen LogP contribution < -0.4 is 15.4 Å². The van der Waals surface area contributed by atoms with Gasteiger partial charge in [-0.2, -0.15) is 0 Å². The summed E-state index contributed by atoms with van der Waals surface area (Å²) in [5, 5.41) is 4.21. The second kappa shape index (κ2) is 12.3. The Morgan fingerprint density at radius 2 is 1.69 bits per heavy atom. The topological polar surface area (TPSA) is 79.0 Å². The molecule has 1 heterocycles. The van der Waals surface area contributed by atoms with Gasteiger partial charge in [-0.1, -0.05) is 35.9 Å². The van der Waals surface area contributed by atoms with Gasteiger partial charge in [0.25, 0.3) is 0 Å². The van der Waals surface area contributed by atoms with Crippen molar-refractivity contribution >= 4 is 35.9 Å². The zero-order chi connectivity index (χ0) is 30.1. The van der Waals surface area contributed by atoms with E-state index in [1.807, 2.05) is 36.4 Å². The van der Waals surface area contributed by atoms with Gasteiger partial charge in [0.2, 0.25) is 17.7 Å².